The van der Waals surface area contributed by atoms with Crippen molar-refractivity contribution < 1.29 is 0 Å². The summed E-state index contributed by atoms with van der Waals surface area (Å²) >= 11 is 0. The Hall–Kier alpha value is -3.36. The Morgan fingerprint density at radius 2 is 1.96 bits per heavy atom. The molecule has 0 atom stereocenters. The van der Waals surface area contributed by atoms with Crippen LogP contribution >= 0.6 is 0 Å². The maximum Gasteiger partial charge on any atom is 0.0991 e. The van der Waals surface area contributed by atoms with Crippen LogP contribution in [0.3, 0.4) is 0 Å². The first-order valence-corrected chi connectivity index (χ1v) is 9.07. The molecule has 0 radical (unpaired) electrons. The fraction of sp³-hybridized carbons (Fsp3) is 0.182. The van der Waals surface area contributed by atoms with E-state index in [0.29, 0.717) is 5.56 Å². The van der Waals surface area contributed by atoms with Gasteiger partial charge in [-0.15, -0.1) is 0 Å². The van der Waals surface area contributed by atoms with Gasteiger partial charge in [0.05, 0.1) is 18.0 Å². The van der Waals surface area contributed by atoms with E-state index in [1.807, 2.05) is 42.9 Å². The second-order valence-electron chi connectivity index (χ2n) is 6.61. The molecule has 5 nitrogen and oxygen atoms in total. The Balaban J connectivity index is 1.33. The topological polar surface area (TPSA) is 69.4 Å². The van der Waals surface area contributed by atoms with Gasteiger partial charge in [0.15, 0.2) is 0 Å². The fourth-order valence-corrected chi connectivity index (χ4v) is 3.30. The van der Waals surface area contributed by atoms with Crippen molar-refractivity contribution in [2.75, 3.05) is 6.54 Å². The van der Waals surface area contributed by atoms with Crippen molar-refractivity contribution in [1.29, 1.82) is 5.26 Å². The molecular formula is C22H21N5. The Labute approximate surface area is 158 Å². The van der Waals surface area contributed by atoms with Gasteiger partial charge in [-0.1, -0.05) is 30.3 Å². The molecule has 4 aromatic rings. The van der Waals surface area contributed by atoms with E-state index in [0.717, 1.165) is 26.1 Å². The third kappa shape index (κ3) is 3.91. The zero-order valence-electron chi connectivity index (χ0n) is 15.0. The van der Waals surface area contributed by atoms with Crippen molar-refractivity contribution in [2.45, 2.75) is 19.5 Å². The lowest BCUT2D eigenvalue weighted by Crippen LogP contribution is -2.18. The SMILES string of the molecule is N#Cc1ccc(Cn2cncc2CCNCc2c[nH]c3ccccc23)cc1. The van der Waals surface area contributed by atoms with E-state index in [4.69, 9.17) is 5.26 Å². The first-order valence-electron chi connectivity index (χ1n) is 9.07. The van der Waals surface area contributed by atoms with Gasteiger partial charge in [-0.05, 0) is 29.3 Å². The van der Waals surface area contributed by atoms with Crippen molar-refractivity contribution >= 4 is 10.9 Å². The minimum Gasteiger partial charge on any atom is -0.361 e. The van der Waals surface area contributed by atoms with Gasteiger partial charge in [-0.3, -0.25) is 0 Å². The number of nitrogens with zero attached hydrogens (tertiary/aromatic N) is 3. The third-order valence-corrected chi connectivity index (χ3v) is 4.78. The lowest BCUT2D eigenvalue weighted by atomic mass is 10.1. The molecule has 0 saturated heterocycles. The Bertz CT molecular complexity index is 1070. The number of aromatic amines is 1. The lowest BCUT2D eigenvalue weighted by molar-refractivity contribution is 0.654. The molecule has 0 amide bonds. The van der Waals surface area contributed by atoms with Crippen LogP contribution in [0.4, 0.5) is 0 Å². The maximum atomic E-state index is 8.90. The zero-order chi connectivity index (χ0) is 18.5. The number of aromatic nitrogens is 3. The summed E-state index contributed by atoms with van der Waals surface area (Å²) in [7, 11) is 0. The second kappa shape index (κ2) is 7.90. The van der Waals surface area contributed by atoms with Gasteiger partial charge in [0.25, 0.3) is 0 Å². The minimum atomic E-state index is 0.686. The van der Waals surface area contributed by atoms with Crippen LogP contribution in [0.1, 0.15) is 22.4 Å². The summed E-state index contributed by atoms with van der Waals surface area (Å²) in [4.78, 5) is 7.61. The molecule has 0 spiro atoms. The number of para-hydroxylation sites is 1. The van der Waals surface area contributed by atoms with Crippen molar-refractivity contribution in [2.24, 2.45) is 0 Å². The molecule has 4 rings (SSSR count). The van der Waals surface area contributed by atoms with E-state index in [1.54, 1.807) is 0 Å². The van der Waals surface area contributed by atoms with Gasteiger partial charge >= 0.3 is 0 Å². The van der Waals surface area contributed by atoms with Gasteiger partial charge in [0.2, 0.25) is 0 Å². The standard InChI is InChI=1S/C22H21N5/c23-11-17-5-7-18(8-6-17)15-27-16-25-14-20(27)9-10-24-12-19-13-26-22-4-2-1-3-21(19)22/h1-8,13-14,16,24,26H,9-10,12,15H2. The van der Waals surface area contributed by atoms with E-state index < -0.39 is 0 Å². The quantitative estimate of drug-likeness (QED) is 0.498. The zero-order valence-corrected chi connectivity index (χ0v) is 15.0. The highest BCUT2D eigenvalue weighted by molar-refractivity contribution is 5.82. The van der Waals surface area contributed by atoms with Gasteiger partial charge in [0.1, 0.15) is 0 Å². The van der Waals surface area contributed by atoms with Crippen molar-refractivity contribution in [1.82, 2.24) is 19.9 Å². The van der Waals surface area contributed by atoms with Crippen molar-refractivity contribution in [3.8, 4) is 6.07 Å². The average Bonchev–Trinajstić information content (AvgIpc) is 3.33. The van der Waals surface area contributed by atoms with Crippen LogP contribution in [-0.4, -0.2) is 21.1 Å². The molecule has 27 heavy (non-hydrogen) atoms. The largest absolute Gasteiger partial charge is 0.361 e. The summed E-state index contributed by atoms with van der Waals surface area (Å²) in [6, 6.07) is 18.2. The van der Waals surface area contributed by atoms with Gasteiger partial charge in [-0.2, -0.15) is 5.26 Å². The normalized spacial score (nSPS) is 10.9. The summed E-state index contributed by atoms with van der Waals surface area (Å²) < 4.78 is 2.16. The average molecular weight is 355 g/mol. The molecule has 5 heteroatoms. The Kier molecular flexibility index (Phi) is 4.99. The highest BCUT2D eigenvalue weighted by Gasteiger charge is 2.05. The molecule has 2 heterocycles. The summed E-state index contributed by atoms with van der Waals surface area (Å²) in [6.07, 6.45) is 6.79. The highest BCUT2D eigenvalue weighted by Crippen LogP contribution is 2.17. The minimum absolute atomic E-state index is 0.686. The number of nitriles is 1. The van der Waals surface area contributed by atoms with Crippen molar-refractivity contribution in [3.05, 3.63) is 89.6 Å². The first kappa shape index (κ1) is 17.1. The van der Waals surface area contributed by atoms with Crippen LogP contribution in [0.15, 0.2) is 67.3 Å². The van der Waals surface area contributed by atoms with E-state index >= 15 is 0 Å². The van der Waals surface area contributed by atoms with Gasteiger partial charge < -0.3 is 14.9 Å². The molecule has 0 aliphatic heterocycles. The molecule has 134 valence electrons. The molecule has 0 saturated carbocycles. The number of H-pyrrole nitrogens is 1. The summed E-state index contributed by atoms with van der Waals surface area (Å²) in [5.41, 5.74) is 5.52. The molecule has 0 aliphatic rings. The number of hydrogen-bond donors (Lipinski definition) is 2. The predicted molar refractivity (Wildman–Crippen MR) is 106 cm³/mol. The number of imidazole rings is 1. The third-order valence-electron chi connectivity index (χ3n) is 4.78. The number of rotatable bonds is 7. The van der Waals surface area contributed by atoms with E-state index in [-0.39, 0.29) is 0 Å². The first-order chi connectivity index (χ1) is 13.3. The molecule has 0 aliphatic carbocycles. The summed E-state index contributed by atoms with van der Waals surface area (Å²) in [5, 5.41) is 13.7. The van der Waals surface area contributed by atoms with Crippen LogP contribution in [-0.2, 0) is 19.5 Å². The van der Waals surface area contributed by atoms with E-state index in [9.17, 15) is 0 Å². The fourth-order valence-electron chi connectivity index (χ4n) is 3.30. The van der Waals surface area contributed by atoms with E-state index in [2.05, 4.69) is 50.3 Å². The van der Waals surface area contributed by atoms with Crippen LogP contribution in [0.2, 0.25) is 0 Å². The number of hydrogen-bond acceptors (Lipinski definition) is 3. The summed E-state index contributed by atoms with van der Waals surface area (Å²) in [5.74, 6) is 0. The highest BCUT2D eigenvalue weighted by atomic mass is 15.0. The number of benzene rings is 2. The second-order valence-corrected chi connectivity index (χ2v) is 6.61. The molecule has 0 bridgehead atoms. The maximum absolute atomic E-state index is 8.90. The van der Waals surface area contributed by atoms with Gasteiger partial charge in [-0.25, -0.2) is 4.98 Å². The molecule has 2 aromatic carbocycles. The number of fused-ring (bicyclic) bond motifs is 1. The molecule has 2 N–H and O–H groups in total. The van der Waals surface area contributed by atoms with Crippen LogP contribution in [0, 0.1) is 11.3 Å². The lowest BCUT2D eigenvalue weighted by Gasteiger charge is -2.09. The molecule has 0 unspecified atom stereocenters. The van der Waals surface area contributed by atoms with Crippen LogP contribution in [0.25, 0.3) is 10.9 Å². The van der Waals surface area contributed by atoms with Crippen LogP contribution in [0.5, 0.6) is 0 Å². The van der Waals surface area contributed by atoms with Crippen molar-refractivity contribution in [3.63, 3.8) is 0 Å². The molecule has 0 fully saturated rings. The van der Waals surface area contributed by atoms with Gasteiger partial charge in [0, 0.05) is 55.0 Å². The monoisotopic (exact) mass is 355 g/mol. The Morgan fingerprint density at radius 3 is 2.81 bits per heavy atom. The Morgan fingerprint density at radius 1 is 1.11 bits per heavy atom. The predicted octanol–water partition coefficient (Wildman–Crippen LogP) is 3.62. The summed E-state index contributed by atoms with van der Waals surface area (Å²) in [6.45, 7) is 2.50. The van der Waals surface area contributed by atoms with Crippen LogP contribution < -0.4 is 5.32 Å². The smallest absolute Gasteiger partial charge is 0.0991 e. The molecule has 2 aromatic heterocycles. The molecular weight excluding hydrogens is 334 g/mol. The van der Waals surface area contributed by atoms with E-state index in [1.165, 1.54) is 27.7 Å². The number of nitrogens with one attached hydrogen (secondary N) is 2.